The second-order valence-electron chi connectivity index (χ2n) is 12.0. The molecule has 0 spiro atoms. The van der Waals surface area contributed by atoms with Gasteiger partial charge in [-0.15, -0.1) is 0 Å². The number of nitrogens with zero attached hydrogens (tertiary/aromatic N) is 1. The van der Waals surface area contributed by atoms with Gasteiger partial charge in [-0.2, -0.15) is 0 Å². The van der Waals surface area contributed by atoms with Crippen molar-refractivity contribution >= 4 is 5.78 Å². The number of Topliss-reactive ketones (excluding diaryl/α,β-unsaturated/α-hetero) is 1. The molecule has 0 radical (unpaired) electrons. The summed E-state index contributed by atoms with van der Waals surface area (Å²) < 4.78 is 5.47. The molecule has 0 bridgehead atoms. The van der Waals surface area contributed by atoms with Crippen molar-refractivity contribution in [2.24, 2.45) is 46.3 Å². The normalized spacial score (nSPS) is 49.2. The van der Waals surface area contributed by atoms with Crippen molar-refractivity contribution in [1.82, 2.24) is 4.90 Å². The summed E-state index contributed by atoms with van der Waals surface area (Å²) in [6.07, 6.45) is 11.3. The minimum absolute atomic E-state index is 0.187. The van der Waals surface area contributed by atoms with Gasteiger partial charge in [-0.1, -0.05) is 20.3 Å². The highest BCUT2D eigenvalue weighted by atomic mass is 16.5. The van der Waals surface area contributed by atoms with Crippen LogP contribution in [-0.4, -0.2) is 55.2 Å². The van der Waals surface area contributed by atoms with E-state index in [1.807, 2.05) is 0 Å². The molecular formula is C26H43NO3. The zero-order chi connectivity index (χ0) is 20.9. The molecule has 170 valence electrons. The Bertz CT molecular complexity index is 646. The molecule has 5 aliphatic rings. The third-order valence-corrected chi connectivity index (χ3v) is 10.8. The first-order chi connectivity index (χ1) is 14.5. The maximum absolute atomic E-state index is 13.4. The molecule has 1 heterocycles. The molecule has 4 saturated carbocycles. The van der Waals surface area contributed by atoms with Crippen LogP contribution in [0.2, 0.25) is 0 Å². The summed E-state index contributed by atoms with van der Waals surface area (Å²) in [5.74, 6) is 4.43. The molecular weight excluding hydrogens is 374 g/mol. The number of fused-ring (bicyclic) bond motifs is 5. The third-order valence-electron chi connectivity index (χ3n) is 10.8. The Morgan fingerprint density at radius 1 is 1.03 bits per heavy atom. The predicted octanol–water partition coefficient (Wildman–Crippen LogP) is 4.16. The van der Waals surface area contributed by atoms with Crippen LogP contribution >= 0.6 is 0 Å². The summed E-state index contributed by atoms with van der Waals surface area (Å²) in [6, 6.07) is 0. The van der Waals surface area contributed by atoms with Gasteiger partial charge in [0.15, 0.2) is 0 Å². The lowest BCUT2D eigenvalue weighted by molar-refractivity contribution is -0.151. The van der Waals surface area contributed by atoms with Crippen LogP contribution in [0.15, 0.2) is 0 Å². The fourth-order valence-corrected chi connectivity index (χ4v) is 9.19. The number of carbonyl (C=O) groups is 1. The van der Waals surface area contributed by atoms with Crippen molar-refractivity contribution in [2.75, 3.05) is 39.5 Å². The highest BCUT2D eigenvalue weighted by molar-refractivity contribution is 5.84. The van der Waals surface area contributed by atoms with Gasteiger partial charge in [-0.05, 0) is 91.8 Å². The lowest BCUT2D eigenvalue weighted by atomic mass is 9.44. The molecule has 8 unspecified atom stereocenters. The standard InChI is InChI=1S/C26H43NO3/c1-18-7-10-26(17-28)19(15-18)3-4-20-21-5-6-23(25(21,2)9-8-22(20)26)24(29)16-27-11-13-30-14-12-27/h18-23,28H,3-17H2,1-2H3. The number of aliphatic hydroxyl groups is 1. The topological polar surface area (TPSA) is 49.8 Å². The van der Waals surface area contributed by atoms with E-state index in [0.29, 0.717) is 30.8 Å². The highest BCUT2D eigenvalue weighted by Gasteiger charge is 2.62. The fourth-order valence-electron chi connectivity index (χ4n) is 9.19. The lowest BCUT2D eigenvalue weighted by Gasteiger charge is -2.61. The van der Waals surface area contributed by atoms with Crippen LogP contribution in [0.1, 0.15) is 71.6 Å². The Kier molecular flexibility index (Phi) is 5.82. The quantitative estimate of drug-likeness (QED) is 0.746. The number of carbonyl (C=O) groups excluding carboxylic acids is 1. The number of ether oxygens (including phenoxy) is 1. The molecule has 1 aliphatic heterocycles. The van der Waals surface area contributed by atoms with Gasteiger partial charge in [0, 0.05) is 25.6 Å². The van der Waals surface area contributed by atoms with Crippen LogP contribution in [0.25, 0.3) is 0 Å². The van der Waals surface area contributed by atoms with Crippen molar-refractivity contribution in [2.45, 2.75) is 71.6 Å². The van der Waals surface area contributed by atoms with Crippen molar-refractivity contribution in [3.8, 4) is 0 Å². The number of hydrogen-bond acceptors (Lipinski definition) is 4. The van der Waals surface area contributed by atoms with Gasteiger partial charge in [-0.25, -0.2) is 0 Å². The molecule has 5 fully saturated rings. The number of morpholine rings is 1. The van der Waals surface area contributed by atoms with E-state index in [4.69, 9.17) is 4.74 Å². The van der Waals surface area contributed by atoms with Crippen molar-refractivity contribution < 1.29 is 14.6 Å². The fraction of sp³-hybridized carbons (Fsp3) is 0.962. The summed E-state index contributed by atoms with van der Waals surface area (Å²) in [4.78, 5) is 15.7. The first-order valence-electron chi connectivity index (χ1n) is 12.9. The second kappa shape index (κ2) is 8.15. The van der Waals surface area contributed by atoms with Crippen LogP contribution in [-0.2, 0) is 9.53 Å². The number of ketones is 1. The maximum Gasteiger partial charge on any atom is 0.150 e. The van der Waals surface area contributed by atoms with E-state index in [0.717, 1.165) is 50.5 Å². The SMILES string of the molecule is CC1CCC2(CO)C(CCC3C4CCC(C(=O)CN5CCOCC5)C4(C)CCC32)C1. The Hall–Kier alpha value is -0.450. The van der Waals surface area contributed by atoms with E-state index < -0.39 is 0 Å². The molecule has 4 nitrogen and oxygen atoms in total. The average molecular weight is 418 g/mol. The summed E-state index contributed by atoms with van der Waals surface area (Å²) >= 11 is 0. The molecule has 0 aromatic rings. The van der Waals surface area contributed by atoms with Crippen LogP contribution in [0.3, 0.4) is 0 Å². The molecule has 0 aromatic heterocycles. The molecule has 4 aliphatic carbocycles. The van der Waals surface area contributed by atoms with Crippen LogP contribution < -0.4 is 0 Å². The van der Waals surface area contributed by atoms with Gasteiger partial charge < -0.3 is 9.84 Å². The lowest BCUT2D eigenvalue weighted by Crippen LogP contribution is -2.56. The molecule has 5 rings (SSSR count). The molecule has 0 amide bonds. The molecule has 8 atom stereocenters. The van der Waals surface area contributed by atoms with E-state index >= 15 is 0 Å². The predicted molar refractivity (Wildman–Crippen MR) is 118 cm³/mol. The monoisotopic (exact) mass is 417 g/mol. The molecule has 0 aromatic carbocycles. The smallest absolute Gasteiger partial charge is 0.150 e. The second-order valence-corrected chi connectivity index (χ2v) is 12.0. The Labute approximate surface area is 183 Å². The first kappa shape index (κ1) is 21.4. The van der Waals surface area contributed by atoms with E-state index in [9.17, 15) is 9.90 Å². The highest BCUT2D eigenvalue weighted by Crippen LogP contribution is 2.67. The molecule has 4 heteroatoms. The van der Waals surface area contributed by atoms with Crippen molar-refractivity contribution in [3.63, 3.8) is 0 Å². The van der Waals surface area contributed by atoms with Gasteiger partial charge >= 0.3 is 0 Å². The number of hydrogen-bond donors (Lipinski definition) is 1. The molecule has 1 N–H and O–H groups in total. The summed E-state index contributed by atoms with van der Waals surface area (Å²) in [5.41, 5.74) is 0.378. The van der Waals surface area contributed by atoms with E-state index in [1.165, 1.54) is 51.4 Å². The summed E-state index contributed by atoms with van der Waals surface area (Å²) in [7, 11) is 0. The summed E-state index contributed by atoms with van der Waals surface area (Å²) in [5, 5.41) is 10.7. The largest absolute Gasteiger partial charge is 0.396 e. The molecule has 1 saturated heterocycles. The van der Waals surface area contributed by atoms with Gasteiger partial charge in [0.1, 0.15) is 5.78 Å². The Morgan fingerprint density at radius 3 is 2.60 bits per heavy atom. The van der Waals surface area contributed by atoms with E-state index in [1.54, 1.807) is 0 Å². The Balaban J connectivity index is 1.33. The zero-order valence-corrected chi connectivity index (χ0v) is 19.3. The van der Waals surface area contributed by atoms with E-state index in [2.05, 4.69) is 18.7 Å². The average Bonchev–Trinajstić information content (AvgIpc) is 3.11. The van der Waals surface area contributed by atoms with Crippen molar-refractivity contribution in [1.29, 1.82) is 0 Å². The van der Waals surface area contributed by atoms with Crippen molar-refractivity contribution in [3.05, 3.63) is 0 Å². The minimum atomic E-state index is 0.187. The maximum atomic E-state index is 13.4. The van der Waals surface area contributed by atoms with Gasteiger partial charge in [0.2, 0.25) is 0 Å². The van der Waals surface area contributed by atoms with Gasteiger partial charge in [-0.3, -0.25) is 9.69 Å². The van der Waals surface area contributed by atoms with Crippen LogP contribution in [0, 0.1) is 46.3 Å². The van der Waals surface area contributed by atoms with Gasteiger partial charge in [0.25, 0.3) is 0 Å². The third kappa shape index (κ3) is 3.31. The summed E-state index contributed by atoms with van der Waals surface area (Å²) in [6.45, 7) is 9.25. The number of aliphatic hydroxyl groups excluding tert-OH is 1. The van der Waals surface area contributed by atoms with Gasteiger partial charge in [0.05, 0.1) is 19.8 Å². The van der Waals surface area contributed by atoms with Crippen LogP contribution in [0.4, 0.5) is 0 Å². The van der Waals surface area contributed by atoms with Crippen LogP contribution in [0.5, 0.6) is 0 Å². The zero-order valence-electron chi connectivity index (χ0n) is 19.3. The molecule has 30 heavy (non-hydrogen) atoms. The Morgan fingerprint density at radius 2 is 1.83 bits per heavy atom. The van der Waals surface area contributed by atoms with E-state index in [-0.39, 0.29) is 16.7 Å². The number of rotatable bonds is 4. The first-order valence-corrected chi connectivity index (χ1v) is 12.9. The minimum Gasteiger partial charge on any atom is -0.396 e.